The monoisotopic (exact) mass is 304 g/mol. The van der Waals surface area contributed by atoms with Crippen LogP contribution in [-0.4, -0.2) is 6.54 Å². The van der Waals surface area contributed by atoms with E-state index in [2.05, 4.69) is 0 Å². The zero-order valence-electron chi connectivity index (χ0n) is 11.3. The van der Waals surface area contributed by atoms with E-state index in [9.17, 15) is 4.39 Å². The maximum atomic E-state index is 13.6. The number of halogens is 2. The second kappa shape index (κ2) is 7.07. The molecule has 0 aliphatic rings. The SMILES string of the molecule is N#Cc1ccc(F)c(COc2ccc(CCN)cc2Cl)c1. The van der Waals surface area contributed by atoms with Crippen molar-refractivity contribution in [1.29, 1.82) is 5.26 Å². The second-order valence-corrected chi connectivity index (χ2v) is 4.92. The van der Waals surface area contributed by atoms with Crippen molar-refractivity contribution in [2.45, 2.75) is 13.0 Å². The molecule has 2 N–H and O–H groups in total. The first kappa shape index (κ1) is 15.3. The van der Waals surface area contributed by atoms with Gasteiger partial charge in [0.05, 0.1) is 16.7 Å². The molecule has 0 aliphatic carbocycles. The highest BCUT2D eigenvalue weighted by atomic mass is 35.5. The topological polar surface area (TPSA) is 59.0 Å². The molecule has 0 spiro atoms. The third-order valence-corrected chi connectivity index (χ3v) is 3.28. The predicted molar refractivity (Wildman–Crippen MR) is 79.7 cm³/mol. The lowest BCUT2D eigenvalue weighted by Crippen LogP contribution is -2.03. The molecule has 0 bridgehead atoms. The zero-order chi connectivity index (χ0) is 15.2. The Labute approximate surface area is 127 Å². The molecule has 0 saturated heterocycles. The van der Waals surface area contributed by atoms with Crippen LogP contribution in [0.1, 0.15) is 16.7 Å². The summed E-state index contributed by atoms with van der Waals surface area (Å²) in [5.41, 5.74) is 7.21. The molecule has 0 aliphatic heterocycles. The molecule has 3 nitrogen and oxygen atoms in total. The average Bonchev–Trinajstić information content (AvgIpc) is 2.48. The van der Waals surface area contributed by atoms with Gasteiger partial charge in [0.15, 0.2) is 0 Å². The third kappa shape index (κ3) is 3.94. The van der Waals surface area contributed by atoms with Crippen LogP contribution in [0.4, 0.5) is 4.39 Å². The Balaban J connectivity index is 2.11. The van der Waals surface area contributed by atoms with Gasteiger partial charge in [-0.25, -0.2) is 4.39 Å². The van der Waals surface area contributed by atoms with Crippen LogP contribution < -0.4 is 10.5 Å². The van der Waals surface area contributed by atoms with Crippen molar-refractivity contribution < 1.29 is 9.13 Å². The smallest absolute Gasteiger partial charge is 0.138 e. The molecule has 0 unspecified atom stereocenters. The van der Waals surface area contributed by atoms with Gasteiger partial charge >= 0.3 is 0 Å². The summed E-state index contributed by atoms with van der Waals surface area (Å²) in [4.78, 5) is 0. The standard InChI is InChI=1S/C16H14ClFN2O/c17-14-8-11(5-6-19)2-4-16(14)21-10-13-7-12(9-20)1-3-15(13)18/h1-4,7-8H,5-6,10,19H2. The molecule has 0 amide bonds. The van der Waals surface area contributed by atoms with Crippen molar-refractivity contribution in [3.8, 4) is 11.8 Å². The minimum Gasteiger partial charge on any atom is -0.487 e. The van der Waals surface area contributed by atoms with Gasteiger partial charge in [-0.15, -0.1) is 0 Å². The summed E-state index contributed by atoms with van der Waals surface area (Å²) in [6.07, 6.45) is 0.735. The third-order valence-electron chi connectivity index (χ3n) is 2.99. The Bertz CT molecular complexity index is 682. The van der Waals surface area contributed by atoms with Gasteiger partial charge in [-0.2, -0.15) is 5.26 Å². The van der Waals surface area contributed by atoms with E-state index in [-0.39, 0.29) is 6.61 Å². The van der Waals surface area contributed by atoms with Crippen molar-refractivity contribution in [2.24, 2.45) is 5.73 Å². The minimum atomic E-state index is -0.412. The van der Waals surface area contributed by atoms with Crippen LogP contribution >= 0.6 is 11.6 Å². The van der Waals surface area contributed by atoms with Gasteiger partial charge in [-0.05, 0) is 48.9 Å². The highest BCUT2D eigenvalue weighted by Crippen LogP contribution is 2.26. The van der Waals surface area contributed by atoms with Gasteiger partial charge < -0.3 is 10.5 Å². The van der Waals surface area contributed by atoms with Gasteiger partial charge in [0.2, 0.25) is 0 Å². The highest BCUT2D eigenvalue weighted by Gasteiger charge is 2.07. The molecule has 0 atom stereocenters. The van der Waals surface area contributed by atoms with E-state index in [1.165, 1.54) is 18.2 Å². The van der Waals surface area contributed by atoms with Gasteiger partial charge in [0, 0.05) is 5.56 Å². The average molecular weight is 305 g/mol. The number of nitrogens with two attached hydrogens (primary N) is 1. The molecule has 0 heterocycles. The molecule has 2 aromatic rings. The Morgan fingerprint density at radius 2 is 2.05 bits per heavy atom. The van der Waals surface area contributed by atoms with Gasteiger partial charge in [0.25, 0.3) is 0 Å². The molecule has 21 heavy (non-hydrogen) atoms. The Hall–Kier alpha value is -2.09. The molecule has 2 aromatic carbocycles. The quantitative estimate of drug-likeness (QED) is 0.920. The van der Waals surface area contributed by atoms with Crippen molar-refractivity contribution in [1.82, 2.24) is 0 Å². The Morgan fingerprint density at radius 1 is 1.24 bits per heavy atom. The van der Waals surface area contributed by atoms with E-state index < -0.39 is 5.82 Å². The summed E-state index contributed by atoms with van der Waals surface area (Å²) in [5, 5.41) is 9.28. The van der Waals surface area contributed by atoms with Gasteiger partial charge in [-0.1, -0.05) is 17.7 Å². The van der Waals surface area contributed by atoms with E-state index >= 15 is 0 Å². The molecule has 0 saturated carbocycles. The number of nitriles is 1. The zero-order valence-corrected chi connectivity index (χ0v) is 12.0. The minimum absolute atomic E-state index is 0.0112. The van der Waals surface area contributed by atoms with E-state index in [0.29, 0.717) is 28.4 Å². The summed E-state index contributed by atoms with van der Waals surface area (Å²) in [7, 11) is 0. The van der Waals surface area contributed by atoms with Crippen LogP contribution in [0.2, 0.25) is 5.02 Å². The first-order chi connectivity index (χ1) is 10.1. The number of hydrogen-bond donors (Lipinski definition) is 1. The van der Waals surface area contributed by atoms with Crippen LogP contribution in [0.25, 0.3) is 0 Å². The summed E-state index contributed by atoms with van der Waals surface area (Å²) in [5.74, 6) is 0.0593. The fourth-order valence-corrected chi connectivity index (χ4v) is 2.15. The molecule has 108 valence electrons. The fraction of sp³-hybridized carbons (Fsp3) is 0.188. The van der Waals surface area contributed by atoms with Crippen molar-refractivity contribution in [2.75, 3.05) is 6.54 Å². The molecule has 0 fully saturated rings. The lowest BCUT2D eigenvalue weighted by atomic mass is 10.1. The van der Waals surface area contributed by atoms with Crippen LogP contribution in [0, 0.1) is 17.1 Å². The summed E-state index contributed by atoms with van der Waals surface area (Å²) >= 11 is 6.12. The van der Waals surface area contributed by atoms with Gasteiger partial charge in [0.1, 0.15) is 18.2 Å². The number of hydrogen-bond acceptors (Lipinski definition) is 3. The van der Waals surface area contributed by atoms with E-state index in [4.69, 9.17) is 27.3 Å². The van der Waals surface area contributed by atoms with Crippen LogP contribution in [0.15, 0.2) is 36.4 Å². The molecule has 0 aromatic heterocycles. The first-order valence-corrected chi connectivity index (χ1v) is 6.81. The van der Waals surface area contributed by atoms with Crippen molar-refractivity contribution in [3.05, 3.63) is 63.9 Å². The molecular formula is C16H14ClFN2O. The first-order valence-electron chi connectivity index (χ1n) is 6.44. The number of ether oxygens (including phenoxy) is 1. The van der Waals surface area contributed by atoms with E-state index in [1.54, 1.807) is 12.1 Å². The van der Waals surface area contributed by atoms with E-state index in [1.807, 2.05) is 12.1 Å². The fourth-order valence-electron chi connectivity index (χ4n) is 1.89. The number of benzene rings is 2. The van der Waals surface area contributed by atoms with E-state index in [0.717, 1.165) is 12.0 Å². The number of rotatable bonds is 5. The Kier molecular flexibility index (Phi) is 5.15. The lowest BCUT2D eigenvalue weighted by molar-refractivity contribution is 0.300. The summed E-state index contributed by atoms with van der Waals surface area (Å²) in [6.45, 7) is 0.556. The Morgan fingerprint density at radius 3 is 2.71 bits per heavy atom. The summed E-state index contributed by atoms with van der Waals surface area (Å²) in [6, 6.07) is 11.5. The predicted octanol–water partition coefficient (Wildman–Crippen LogP) is 3.43. The highest BCUT2D eigenvalue weighted by molar-refractivity contribution is 6.32. The molecule has 0 radical (unpaired) electrons. The van der Waals surface area contributed by atoms with Crippen molar-refractivity contribution in [3.63, 3.8) is 0 Å². The maximum Gasteiger partial charge on any atom is 0.138 e. The maximum absolute atomic E-state index is 13.6. The van der Waals surface area contributed by atoms with Crippen LogP contribution in [0.3, 0.4) is 0 Å². The molecule has 5 heteroatoms. The lowest BCUT2D eigenvalue weighted by Gasteiger charge is -2.10. The second-order valence-electron chi connectivity index (χ2n) is 4.51. The molecular weight excluding hydrogens is 291 g/mol. The molecule has 2 rings (SSSR count). The van der Waals surface area contributed by atoms with Crippen LogP contribution in [0.5, 0.6) is 5.75 Å². The largest absolute Gasteiger partial charge is 0.487 e. The van der Waals surface area contributed by atoms with Crippen molar-refractivity contribution >= 4 is 11.6 Å². The van der Waals surface area contributed by atoms with Gasteiger partial charge in [-0.3, -0.25) is 0 Å². The van der Waals surface area contributed by atoms with Crippen LogP contribution in [-0.2, 0) is 13.0 Å². The normalized spacial score (nSPS) is 10.2. The number of nitrogens with zero attached hydrogens (tertiary/aromatic N) is 1. The summed E-state index contributed by atoms with van der Waals surface area (Å²) < 4.78 is 19.2.